The number of nitrogens with zero attached hydrogens (tertiary/aromatic N) is 2. The van der Waals surface area contributed by atoms with Crippen molar-refractivity contribution >= 4 is 0 Å². The second-order valence-electron chi connectivity index (χ2n) is 5.94. The molecule has 0 aromatic carbocycles. The molecule has 1 unspecified atom stereocenters. The molecule has 1 aliphatic carbocycles. The van der Waals surface area contributed by atoms with E-state index in [1.807, 2.05) is 0 Å². The molecule has 2 aliphatic rings. The molecule has 0 radical (unpaired) electrons. The van der Waals surface area contributed by atoms with Crippen molar-refractivity contribution in [2.24, 2.45) is 5.92 Å². The molecule has 0 bridgehead atoms. The van der Waals surface area contributed by atoms with Crippen molar-refractivity contribution in [2.75, 3.05) is 53.0 Å². The Bertz CT molecular complexity index is 226. The highest BCUT2D eigenvalue weighted by Gasteiger charge is 2.20. The smallest absolute Gasteiger partial charge is 0.0793 e. The molecule has 1 heterocycles. The van der Waals surface area contributed by atoms with E-state index < -0.39 is 0 Å². The summed E-state index contributed by atoms with van der Waals surface area (Å²) < 4.78 is 5.32. The number of β-amino-alcohol motifs (C(OH)–C–C–N with tert-alkyl or cyclic N) is 1. The van der Waals surface area contributed by atoms with Crippen LogP contribution in [0.15, 0.2) is 0 Å². The molecule has 0 amide bonds. The van der Waals surface area contributed by atoms with E-state index in [4.69, 9.17) is 4.74 Å². The van der Waals surface area contributed by atoms with Crippen molar-refractivity contribution in [3.63, 3.8) is 0 Å². The first-order valence-corrected chi connectivity index (χ1v) is 7.41. The van der Waals surface area contributed by atoms with Crippen LogP contribution in [-0.4, -0.2) is 74.0 Å². The normalized spacial score (nSPS) is 24.8. The maximum atomic E-state index is 10.1. The number of aliphatic hydroxyl groups excluding tert-OH is 1. The Morgan fingerprint density at radius 1 is 1.28 bits per heavy atom. The van der Waals surface area contributed by atoms with Crippen molar-refractivity contribution in [2.45, 2.75) is 31.8 Å². The molecule has 18 heavy (non-hydrogen) atoms. The Hall–Kier alpha value is -0.160. The van der Waals surface area contributed by atoms with Crippen LogP contribution >= 0.6 is 0 Å². The standard InChI is InChI=1S/C14H28N2O2/c1-15(10-13-4-2-3-5-13)11-14(17)12-16-6-8-18-9-7-16/h13-14,17H,2-12H2,1H3. The lowest BCUT2D eigenvalue weighted by Crippen LogP contribution is -2.44. The number of hydrogen-bond donors (Lipinski definition) is 1. The fourth-order valence-corrected chi connectivity index (χ4v) is 3.21. The SMILES string of the molecule is CN(CC(O)CN1CCOCC1)CC1CCCC1. The van der Waals surface area contributed by atoms with E-state index in [9.17, 15) is 5.11 Å². The molecule has 1 saturated heterocycles. The predicted octanol–water partition coefficient (Wildman–Crippen LogP) is 0.802. The molecule has 1 saturated carbocycles. The summed E-state index contributed by atoms with van der Waals surface area (Å²) in [5, 5.41) is 10.1. The van der Waals surface area contributed by atoms with Crippen LogP contribution < -0.4 is 0 Å². The van der Waals surface area contributed by atoms with Crippen molar-refractivity contribution in [1.29, 1.82) is 0 Å². The van der Waals surface area contributed by atoms with Crippen LogP contribution in [0.4, 0.5) is 0 Å². The van der Waals surface area contributed by atoms with Gasteiger partial charge in [-0.05, 0) is 25.8 Å². The molecular formula is C14H28N2O2. The van der Waals surface area contributed by atoms with Gasteiger partial charge in [-0.25, -0.2) is 0 Å². The lowest BCUT2D eigenvalue weighted by Gasteiger charge is -2.30. The third-order valence-corrected chi connectivity index (χ3v) is 4.14. The highest BCUT2D eigenvalue weighted by Crippen LogP contribution is 2.25. The van der Waals surface area contributed by atoms with E-state index in [0.29, 0.717) is 0 Å². The lowest BCUT2D eigenvalue weighted by molar-refractivity contribution is 0.00791. The van der Waals surface area contributed by atoms with Gasteiger partial charge in [0.1, 0.15) is 0 Å². The number of ether oxygens (including phenoxy) is 1. The summed E-state index contributed by atoms with van der Waals surface area (Å²) in [6, 6.07) is 0. The maximum Gasteiger partial charge on any atom is 0.0793 e. The minimum absolute atomic E-state index is 0.227. The van der Waals surface area contributed by atoms with Gasteiger partial charge in [0.05, 0.1) is 19.3 Å². The highest BCUT2D eigenvalue weighted by atomic mass is 16.5. The number of aliphatic hydroxyl groups is 1. The molecule has 1 N–H and O–H groups in total. The first kappa shape index (κ1) is 14.3. The highest BCUT2D eigenvalue weighted by molar-refractivity contribution is 4.74. The maximum absolute atomic E-state index is 10.1. The zero-order valence-corrected chi connectivity index (χ0v) is 11.7. The minimum atomic E-state index is -0.227. The summed E-state index contributed by atoms with van der Waals surface area (Å²) in [5.41, 5.74) is 0. The van der Waals surface area contributed by atoms with Crippen LogP contribution in [0.1, 0.15) is 25.7 Å². The van der Waals surface area contributed by atoms with Gasteiger partial charge < -0.3 is 14.7 Å². The number of morpholine rings is 1. The fraction of sp³-hybridized carbons (Fsp3) is 1.00. The molecule has 2 fully saturated rings. The zero-order chi connectivity index (χ0) is 12.8. The van der Waals surface area contributed by atoms with Gasteiger partial charge in [0.2, 0.25) is 0 Å². The van der Waals surface area contributed by atoms with Crippen molar-refractivity contribution in [1.82, 2.24) is 9.80 Å². The first-order chi connectivity index (χ1) is 8.74. The van der Waals surface area contributed by atoms with Crippen LogP contribution in [-0.2, 0) is 4.74 Å². The van der Waals surface area contributed by atoms with Gasteiger partial charge in [-0.3, -0.25) is 4.90 Å². The second-order valence-corrected chi connectivity index (χ2v) is 5.94. The Balaban J connectivity index is 1.61. The predicted molar refractivity (Wildman–Crippen MR) is 72.7 cm³/mol. The summed E-state index contributed by atoms with van der Waals surface area (Å²) in [6.07, 6.45) is 5.33. The van der Waals surface area contributed by atoms with Gasteiger partial charge in [-0.2, -0.15) is 0 Å². The van der Waals surface area contributed by atoms with E-state index in [2.05, 4.69) is 16.8 Å². The molecule has 1 aliphatic heterocycles. The van der Waals surface area contributed by atoms with Gasteiger partial charge in [0.15, 0.2) is 0 Å². The van der Waals surface area contributed by atoms with Gasteiger partial charge >= 0.3 is 0 Å². The molecule has 0 aromatic rings. The first-order valence-electron chi connectivity index (χ1n) is 7.41. The number of likely N-dealkylation sites (N-methyl/N-ethyl adjacent to an activating group) is 1. The molecule has 1 atom stereocenters. The number of rotatable bonds is 6. The molecule has 2 rings (SSSR count). The summed E-state index contributed by atoms with van der Waals surface area (Å²) >= 11 is 0. The van der Waals surface area contributed by atoms with Crippen molar-refractivity contribution in [3.8, 4) is 0 Å². The van der Waals surface area contributed by atoms with Crippen LogP contribution in [0.2, 0.25) is 0 Å². The Morgan fingerprint density at radius 3 is 2.61 bits per heavy atom. The topological polar surface area (TPSA) is 35.9 Å². The Kier molecular flexibility index (Phi) is 5.89. The van der Waals surface area contributed by atoms with Crippen molar-refractivity contribution in [3.05, 3.63) is 0 Å². The number of hydrogen-bond acceptors (Lipinski definition) is 4. The molecule has 4 nitrogen and oxygen atoms in total. The summed E-state index contributed by atoms with van der Waals surface area (Å²) in [7, 11) is 2.14. The van der Waals surface area contributed by atoms with Gasteiger partial charge in [0, 0.05) is 32.7 Å². The quantitative estimate of drug-likeness (QED) is 0.762. The van der Waals surface area contributed by atoms with E-state index in [1.54, 1.807) is 0 Å². The van der Waals surface area contributed by atoms with Crippen LogP contribution in [0, 0.1) is 5.92 Å². The molecule has 0 aromatic heterocycles. The molecule has 106 valence electrons. The van der Waals surface area contributed by atoms with E-state index in [0.717, 1.165) is 51.9 Å². The summed E-state index contributed by atoms with van der Waals surface area (Å²) in [6.45, 7) is 6.29. The molecule has 0 spiro atoms. The van der Waals surface area contributed by atoms with E-state index >= 15 is 0 Å². The third kappa shape index (κ3) is 4.84. The Labute approximate surface area is 111 Å². The lowest BCUT2D eigenvalue weighted by atomic mass is 10.1. The van der Waals surface area contributed by atoms with Gasteiger partial charge in [-0.15, -0.1) is 0 Å². The molecule has 4 heteroatoms. The average Bonchev–Trinajstić information content (AvgIpc) is 2.82. The van der Waals surface area contributed by atoms with Crippen LogP contribution in [0.3, 0.4) is 0 Å². The minimum Gasteiger partial charge on any atom is -0.390 e. The van der Waals surface area contributed by atoms with Gasteiger partial charge in [0.25, 0.3) is 0 Å². The van der Waals surface area contributed by atoms with Crippen LogP contribution in [0.25, 0.3) is 0 Å². The second kappa shape index (κ2) is 7.43. The van der Waals surface area contributed by atoms with Crippen molar-refractivity contribution < 1.29 is 9.84 Å². The molecular weight excluding hydrogens is 228 g/mol. The summed E-state index contributed by atoms with van der Waals surface area (Å²) in [4.78, 5) is 4.61. The average molecular weight is 256 g/mol. The van der Waals surface area contributed by atoms with Crippen LogP contribution in [0.5, 0.6) is 0 Å². The Morgan fingerprint density at radius 2 is 1.94 bits per heavy atom. The zero-order valence-electron chi connectivity index (χ0n) is 11.7. The fourth-order valence-electron chi connectivity index (χ4n) is 3.21. The monoisotopic (exact) mass is 256 g/mol. The third-order valence-electron chi connectivity index (χ3n) is 4.14. The largest absolute Gasteiger partial charge is 0.390 e. The van der Waals surface area contributed by atoms with E-state index in [1.165, 1.54) is 25.7 Å². The summed E-state index contributed by atoms with van der Waals surface area (Å²) in [5.74, 6) is 0.866. The van der Waals surface area contributed by atoms with Gasteiger partial charge in [-0.1, -0.05) is 12.8 Å². The van der Waals surface area contributed by atoms with E-state index in [-0.39, 0.29) is 6.10 Å².